The van der Waals surface area contributed by atoms with Gasteiger partial charge in [-0.25, -0.2) is 0 Å². The van der Waals surface area contributed by atoms with Crippen LogP contribution in [0.1, 0.15) is 39.7 Å². The van der Waals surface area contributed by atoms with Crippen molar-refractivity contribution in [2.24, 2.45) is 10.9 Å². The second-order valence-corrected chi connectivity index (χ2v) is 5.85. The summed E-state index contributed by atoms with van der Waals surface area (Å²) in [6.07, 6.45) is 1.33. The first-order chi connectivity index (χ1) is 10.0. The van der Waals surface area contributed by atoms with Crippen molar-refractivity contribution in [3.63, 3.8) is 0 Å². The van der Waals surface area contributed by atoms with Crippen molar-refractivity contribution < 1.29 is 4.74 Å². The summed E-state index contributed by atoms with van der Waals surface area (Å²) in [6, 6.07) is 8.15. The van der Waals surface area contributed by atoms with Crippen LogP contribution >= 0.6 is 0 Å². The number of nitrogens with zero attached hydrogens (tertiary/aromatic N) is 1. The first kappa shape index (κ1) is 17.3. The zero-order valence-electron chi connectivity index (χ0n) is 13.9. The number of benzene rings is 1. The molecule has 118 valence electrons. The molecule has 0 aliphatic heterocycles. The van der Waals surface area contributed by atoms with Crippen molar-refractivity contribution in [2.75, 3.05) is 13.6 Å². The van der Waals surface area contributed by atoms with E-state index in [0.717, 1.165) is 31.2 Å². The molecule has 0 unspecified atom stereocenters. The molecule has 0 spiro atoms. The van der Waals surface area contributed by atoms with Gasteiger partial charge in [-0.1, -0.05) is 26.0 Å². The van der Waals surface area contributed by atoms with Gasteiger partial charge >= 0.3 is 0 Å². The highest BCUT2D eigenvalue weighted by molar-refractivity contribution is 5.79. The molecule has 2 N–H and O–H groups in total. The Hall–Kier alpha value is -1.71. The molecular weight excluding hydrogens is 262 g/mol. The highest BCUT2D eigenvalue weighted by atomic mass is 16.5. The first-order valence-corrected chi connectivity index (χ1v) is 7.71. The molecule has 21 heavy (non-hydrogen) atoms. The molecule has 4 nitrogen and oxygen atoms in total. The molecule has 0 saturated heterocycles. The molecule has 0 heterocycles. The lowest BCUT2D eigenvalue weighted by atomic mass is 10.1. The maximum atomic E-state index is 5.71. The van der Waals surface area contributed by atoms with Gasteiger partial charge in [0, 0.05) is 20.1 Å². The lowest BCUT2D eigenvalue weighted by Crippen LogP contribution is -2.37. The maximum Gasteiger partial charge on any atom is 0.191 e. The van der Waals surface area contributed by atoms with Crippen molar-refractivity contribution in [3.8, 4) is 5.75 Å². The number of guanidine groups is 1. The number of hydrogen-bond donors (Lipinski definition) is 2. The molecule has 0 fully saturated rings. The van der Waals surface area contributed by atoms with E-state index in [0.29, 0.717) is 5.92 Å². The average Bonchev–Trinajstić information content (AvgIpc) is 2.42. The average molecular weight is 291 g/mol. The summed E-state index contributed by atoms with van der Waals surface area (Å²) in [5.41, 5.74) is 1.18. The highest BCUT2D eigenvalue weighted by Gasteiger charge is 2.02. The van der Waals surface area contributed by atoms with E-state index >= 15 is 0 Å². The van der Waals surface area contributed by atoms with Gasteiger partial charge in [-0.15, -0.1) is 0 Å². The third kappa shape index (κ3) is 7.59. The van der Waals surface area contributed by atoms with Crippen LogP contribution in [-0.4, -0.2) is 25.7 Å². The van der Waals surface area contributed by atoms with Crippen LogP contribution in [0.3, 0.4) is 0 Å². The monoisotopic (exact) mass is 291 g/mol. The molecular formula is C17H29N3O. The van der Waals surface area contributed by atoms with Gasteiger partial charge in [-0.05, 0) is 43.9 Å². The molecule has 0 aliphatic carbocycles. The molecule has 1 aromatic carbocycles. The van der Waals surface area contributed by atoms with Gasteiger partial charge < -0.3 is 15.4 Å². The molecule has 1 rings (SSSR count). The van der Waals surface area contributed by atoms with Crippen molar-refractivity contribution in [1.82, 2.24) is 10.6 Å². The van der Waals surface area contributed by atoms with Gasteiger partial charge in [-0.2, -0.15) is 0 Å². The Morgan fingerprint density at radius 3 is 2.57 bits per heavy atom. The quantitative estimate of drug-likeness (QED) is 0.599. The Balaban J connectivity index is 2.45. The molecule has 0 amide bonds. The fourth-order valence-electron chi connectivity index (χ4n) is 1.89. The molecule has 0 atom stereocenters. The molecule has 1 aromatic rings. The number of nitrogens with one attached hydrogen (secondary N) is 2. The maximum absolute atomic E-state index is 5.71. The normalized spacial score (nSPS) is 11.9. The zero-order valence-corrected chi connectivity index (χ0v) is 13.9. The van der Waals surface area contributed by atoms with E-state index in [9.17, 15) is 0 Å². The Morgan fingerprint density at radius 1 is 1.19 bits per heavy atom. The largest absolute Gasteiger partial charge is 0.491 e. The molecule has 4 heteroatoms. The van der Waals surface area contributed by atoms with E-state index < -0.39 is 0 Å². The second-order valence-electron chi connectivity index (χ2n) is 5.85. The van der Waals surface area contributed by atoms with E-state index in [1.165, 1.54) is 5.56 Å². The number of rotatable bonds is 7. The fourth-order valence-corrected chi connectivity index (χ4v) is 1.89. The third-order valence-corrected chi connectivity index (χ3v) is 2.97. The van der Waals surface area contributed by atoms with E-state index in [1.807, 2.05) is 26.0 Å². The predicted molar refractivity (Wildman–Crippen MR) is 89.9 cm³/mol. The number of ether oxygens (including phenoxy) is 1. The van der Waals surface area contributed by atoms with Crippen LogP contribution in [0, 0.1) is 5.92 Å². The topological polar surface area (TPSA) is 45.7 Å². The van der Waals surface area contributed by atoms with Crippen molar-refractivity contribution in [1.29, 1.82) is 0 Å². The van der Waals surface area contributed by atoms with E-state index in [4.69, 9.17) is 4.74 Å². The van der Waals surface area contributed by atoms with Gasteiger partial charge in [0.2, 0.25) is 0 Å². The SMILES string of the molecule is CN=C(NCCC(C)C)NCc1cccc(OC(C)C)c1. The lowest BCUT2D eigenvalue weighted by molar-refractivity contribution is 0.242. The summed E-state index contributed by atoms with van der Waals surface area (Å²) >= 11 is 0. The minimum Gasteiger partial charge on any atom is -0.491 e. The standard InChI is InChI=1S/C17H29N3O/c1-13(2)9-10-19-17(18-5)20-12-15-7-6-8-16(11-15)21-14(3)4/h6-8,11,13-14H,9-10,12H2,1-5H3,(H2,18,19,20). The minimum absolute atomic E-state index is 0.193. The van der Waals surface area contributed by atoms with E-state index in [2.05, 4.69) is 41.6 Å². The summed E-state index contributed by atoms with van der Waals surface area (Å²) < 4.78 is 5.71. The van der Waals surface area contributed by atoms with Gasteiger partial charge in [-0.3, -0.25) is 4.99 Å². The summed E-state index contributed by atoms with van der Waals surface area (Å²) in [7, 11) is 1.79. The smallest absolute Gasteiger partial charge is 0.191 e. The van der Waals surface area contributed by atoms with Gasteiger partial charge in [0.05, 0.1) is 6.10 Å². The summed E-state index contributed by atoms with van der Waals surface area (Å²) in [4.78, 5) is 4.23. The molecule has 0 aromatic heterocycles. The number of aliphatic imine (C=N–C) groups is 1. The van der Waals surface area contributed by atoms with Crippen LogP contribution in [0.25, 0.3) is 0 Å². The molecule has 0 bridgehead atoms. The summed E-state index contributed by atoms with van der Waals surface area (Å²) in [5, 5.41) is 6.65. The van der Waals surface area contributed by atoms with E-state index in [1.54, 1.807) is 7.05 Å². The van der Waals surface area contributed by atoms with Crippen molar-refractivity contribution in [2.45, 2.75) is 46.8 Å². The Labute approximate surface area is 129 Å². The molecule has 0 saturated carbocycles. The predicted octanol–water partition coefficient (Wildman–Crippen LogP) is 3.18. The lowest BCUT2D eigenvalue weighted by Gasteiger charge is -2.14. The Morgan fingerprint density at radius 2 is 1.95 bits per heavy atom. The highest BCUT2D eigenvalue weighted by Crippen LogP contribution is 2.14. The van der Waals surface area contributed by atoms with Gasteiger partial charge in [0.15, 0.2) is 5.96 Å². The Kier molecular flexibility index (Phi) is 7.65. The van der Waals surface area contributed by atoms with Crippen LogP contribution in [-0.2, 0) is 6.54 Å². The van der Waals surface area contributed by atoms with E-state index in [-0.39, 0.29) is 6.10 Å². The van der Waals surface area contributed by atoms with Crippen LogP contribution in [0.5, 0.6) is 5.75 Å². The first-order valence-electron chi connectivity index (χ1n) is 7.71. The zero-order chi connectivity index (χ0) is 15.7. The minimum atomic E-state index is 0.193. The van der Waals surface area contributed by atoms with Gasteiger partial charge in [0.25, 0.3) is 0 Å². The van der Waals surface area contributed by atoms with Crippen LogP contribution < -0.4 is 15.4 Å². The third-order valence-electron chi connectivity index (χ3n) is 2.97. The summed E-state index contributed by atoms with van der Waals surface area (Å²) in [5.74, 6) is 2.44. The van der Waals surface area contributed by atoms with Crippen molar-refractivity contribution in [3.05, 3.63) is 29.8 Å². The van der Waals surface area contributed by atoms with Gasteiger partial charge in [0.1, 0.15) is 5.75 Å². The molecule has 0 radical (unpaired) electrons. The second kappa shape index (κ2) is 9.27. The summed E-state index contributed by atoms with van der Waals surface area (Å²) in [6.45, 7) is 10.2. The van der Waals surface area contributed by atoms with Crippen molar-refractivity contribution >= 4 is 5.96 Å². The van der Waals surface area contributed by atoms with Crippen LogP contribution in [0.4, 0.5) is 0 Å². The van der Waals surface area contributed by atoms with Crippen LogP contribution in [0.15, 0.2) is 29.3 Å². The fraction of sp³-hybridized carbons (Fsp3) is 0.588. The Bertz CT molecular complexity index is 441. The number of hydrogen-bond acceptors (Lipinski definition) is 2. The van der Waals surface area contributed by atoms with Crippen LogP contribution in [0.2, 0.25) is 0 Å². The molecule has 0 aliphatic rings.